The number of carbonyl (C=O) groups is 2. The first-order chi connectivity index (χ1) is 9.18. The first kappa shape index (κ1) is 20.9. The van der Waals surface area contributed by atoms with Crippen molar-refractivity contribution in [3.8, 4) is 0 Å². The zero-order valence-corrected chi connectivity index (χ0v) is 12.6. The normalized spacial score (nSPS) is 11.2. The molecule has 9 nitrogen and oxygen atoms in total. The molecule has 0 saturated carbocycles. The highest BCUT2D eigenvalue weighted by Crippen LogP contribution is 2.34. The molecule has 0 bridgehead atoms. The molecule has 0 radical (unpaired) electrons. The third-order valence-electron chi connectivity index (χ3n) is 1.50. The van der Waals surface area contributed by atoms with E-state index in [-0.39, 0.29) is 18.9 Å². The molecule has 2 N–H and O–H groups in total. The van der Waals surface area contributed by atoms with Gasteiger partial charge in [-0.05, 0) is 13.8 Å². The van der Waals surface area contributed by atoms with Crippen LogP contribution < -0.4 is 10.2 Å². The number of aliphatic hydroxyl groups is 1. The van der Waals surface area contributed by atoms with Gasteiger partial charge in [0.1, 0.15) is 6.54 Å². The summed E-state index contributed by atoms with van der Waals surface area (Å²) in [6.45, 7) is 3.14. The number of allylic oxidation sites excluding steroid dienone is 1. The maximum absolute atomic E-state index is 10.8. The van der Waals surface area contributed by atoms with Gasteiger partial charge in [0.2, 0.25) is 5.91 Å². The molecule has 0 spiro atoms. The second-order valence-electron chi connectivity index (χ2n) is 3.12. The van der Waals surface area contributed by atoms with Crippen molar-refractivity contribution in [3.63, 3.8) is 0 Å². The van der Waals surface area contributed by atoms with Crippen LogP contribution in [0.5, 0.6) is 0 Å². The van der Waals surface area contributed by atoms with Crippen molar-refractivity contribution in [2.24, 2.45) is 0 Å². The minimum atomic E-state index is -3.90. The topological polar surface area (TPSA) is 134 Å². The van der Waals surface area contributed by atoms with Gasteiger partial charge in [-0.15, -0.1) is 0 Å². The molecule has 10 heteroatoms. The van der Waals surface area contributed by atoms with Crippen LogP contribution in [0.15, 0.2) is 11.8 Å². The molecule has 0 aliphatic carbocycles. The third kappa shape index (κ3) is 14.7. The average Bonchev–Trinajstić information content (AvgIpc) is 2.37. The summed E-state index contributed by atoms with van der Waals surface area (Å²) in [6, 6.07) is 0. The first-order valence-electron chi connectivity index (χ1n) is 5.41. The Morgan fingerprint density at radius 3 is 2.15 bits per heavy atom. The first-order valence-corrected chi connectivity index (χ1v) is 6.87. The largest absolute Gasteiger partial charge is 0.756 e. The molecule has 0 rings (SSSR count). The lowest BCUT2D eigenvalue weighted by Gasteiger charge is -2.16. The van der Waals surface area contributed by atoms with E-state index in [0.29, 0.717) is 0 Å². The Bertz CT molecular complexity index is 369. The molecule has 0 heterocycles. The van der Waals surface area contributed by atoms with E-state index in [0.717, 1.165) is 20.3 Å². The molecular formula is C10H19NO8P-. The van der Waals surface area contributed by atoms with Crippen LogP contribution in [0.4, 0.5) is 0 Å². The molecular weight excluding hydrogens is 293 g/mol. The van der Waals surface area contributed by atoms with E-state index in [1.807, 2.05) is 0 Å². The van der Waals surface area contributed by atoms with Gasteiger partial charge < -0.3 is 29.1 Å². The Balaban J connectivity index is 0. The number of hydrogen-bond donors (Lipinski definition) is 2. The van der Waals surface area contributed by atoms with E-state index >= 15 is 0 Å². The number of carbonyl (C=O) groups excluding carboxylic acids is 2. The van der Waals surface area contributed by atoms with Gasteiger partial charge in [-0.25, -0.2) is 0 Å². The van der Waals surface area contributed by atoms with Crippen molar-refractivity contribution in [3.05, 3.63) is 11.8 Å². The molecule has 0 aliphatic heterocycles. The Labute approximate surface area is 117 Å². The van der Waals surface area contributed by atoms with Crippen molar-refractivity contribution >= 4 is 19.7 Å². The predicted octanol–water partition coefficient (Wildman–Crippen LogP) is -0.125. The quantitative estimate of drug-likeness (QED) is 0.300. The Morgan fingerprint density at radius 1 is 1.35 bits per heavy atom. The summed E-state index contributed by atoms with van der Waals surface area (Å²) in [4.78, 5) is 31.5. The highest BCUT2D eigenvalue weighted by Gasteiger charge is 2.03. The van der Waals surface area contributed by atoms with Crippen LogP contribution in [0.25, 0.3) is 0 Å². The molecule has 118 valence electrons. The van der Waals surface area contributed by atoms with E-state index in [2.05, 4.69) is 19.1 Å². The highest BCUT2D eigenvalue weighted by molar-refractivity contribution is 7.45. The van der Waals surface area contributed by atoms with Crippen molar-refractivity contribution in [1.82, 2.24) is 5.32 Å². The fourth-order valence-corrected chi connectivity index (χ4v) is 0.836. The molecule has 0 unspecified atom stereocenters. The number of rotatable bonds is 6. The molecule has 0 fully saturated rings. The van der Waals surface area contributed by atoms with Gasteiger partial charge in [0.05, 0.1) is 12.4 Å². The van der Waals surface area contributed by atoms with Crippen molar-refractivity contribution in [2.75, 3.05) is 27.4 Å². The zero-order valence-electron chi connectivity index (χ0n) is 11.7. The smallest absolute Gasteiger partial charge is 0.325 e. The summed E-state index contributed by atoms with van der Waals surface area (Å²) >= 11 is 0. The van der Waals surface area contributed by atoms with Crippen LogP contribution in [-0.4, -0.2) is 44.4 Å². The minimum Gasteiger partial charge on any atom is -0.756 e. The molecule has 0 atom stereocenters. The Morgan fingerprint density at radius 2 is 1.85 bits per heavy atom. The maximum atomic E-state index is 10.8. The number of nitrogens with one attached hydrogen (secondary N) is 1. The predicted molar refractivity (Wildman–Crippen MR) is 67.7 cm³/mol. The van der Waals surface area contributed by atoms with Gasteiger partial charge in [-0.1, -0.05) is 0 Å². The van der Waals surface area contributed by atoms with Gasteiger partial charge >= 0.3 is 5.97 Å². The van der Waals surface area contributed by atoms with Crippen molar-refractivity contribution < 1.29 is 37.9 Å². The summed E-state index contributed by atoms with van der Waals surface area (Å²) in [5.41, 5.74) is 0. The number of aliphatic hydroxyl groups excluding tert-OH is 1. The van der Waals surface area contributed by atoms with E-state index in [9.17, 15) is 19.0 Å². The van der Waals surface area contributed by atoms with Crippen LogP contribution >= 0.6 is 7.82 Å². The van der Waals surface area contributed by atoms with Gasteiger partial charge in [-0.3, -0.25) is 14.2 Å². The third-order valence-corrected chi connectivity index (χ3v) is 2.39. The number of hydrogen-bond acceptors (Lipinski definition) is 8. The lowest BCUT2D eigenvalue weighted by atomic mass is 10.4. The van der Waals surface area contributed by atoms with Crippen molar-refractivity contribution in [1.29, 1.82) is 0 Å². The number of ether oxygens (including phenoxy) is 1. The number of phosphoric ester groups is 1. The SMILES string of the molecule is CCOC(=O)CNC(=O)/C=C(/C)O.COP(=O)([O-])OC. The van der Waals surface area contributed by atoms with E-state index in [4.69, 9.17) is 5.11 Å². The summed E-state index contributed by atoms with van der Waals surface area (Å²) in [5, 5.41) is 10.9. The van der Waals surface area contributed by atoms with E-state index in [1.165, 1.54) is 6.92 Å². The van der Waals surface area contributed by atoms with E-state index < -0.39 is 19.7 Å². The summed E-state index contributed by atoms with van der Waals surface area (Å²) in [7, 11) is -1.83. The highest BCUT2D eigenvalue weighted by atomic mass is 31.2. The van der Waals surface area contributed by atoms with Crippen molar-refractivity contribution in [2.45, 2.75) is 13.8 Å². The van der Waals surface area contributed by atoms with Gasteiger partial charge in [-0.2, -0.15) is 0 Å². The number of phosphoric acid groups is 1. The molecule has 0 saturated heterocycles. The summed E-state index contributed by atoms with van der Waals surface area (Å²) in [5.74, 6) is -1.13. The molecule has 0 aromatic heterocycles. The average molecular weight is 312 g/mol. The molecule has 0 aromatic carbocycles. The fraction of sp³-hybridized carbons (Fsp3) is 0.600. The van der Waals surface area contributed by atoms with Crippen LogP contribution in [0, 0.1) is 0 Å². The molecule has 0 aliphatic rings. The van der Waals surface area contributed by atoms with Gasteiger partial charge in [0.15, 0.2) is 0 Å². The van der Waals surface area contributed by atoms with Crippen LogP contribution in [0.2, 0.25) is 0 Å². The zero-order chi connectivity index (χ0) is 16.2. The lowest BCUT2D eigenvalue weighted by Crippen LogP contribution is -2.29. The number of amides is 1. The minimum absolute atomic E-state index is 0.110. The fourth-order valence-electron chi connectivity index (χ4n) is 0.687. The van der Waals surface area contributed by atoms with Gasteiger partial charge in [0.25, 0.3) is 7.82 Å². The molecule has 20 heavy (non-hydrogen) atoms. The summed E-state index contributed by atoms with van der Waals surface area (Å²) in [6.07, 6.45) is 0.985. The Hall–Kier alpha value is -1.41. The Kier molecular flexibility index (Phi) is 11.9. The van der Waals surface area contributed by atoms with Crippen LogP contribution in [0.1, 0.15) is 13.8 Å². The summed E-state index contributed by atoms with van der Waals surface area (Å²) < 4.78 is 22.2. The van der Waals surface area contributed by atoms with Crippen LogP contribution in [-0.2, 0) is 27.9 Å². The monoisotopic (exact) mass is 312 g/mol. The van der Waals surface area contributed by atoms with E-state index in [1.54, 1.807) is 6.92 Å². The standard InChI is InChI=1S/C8H13NO4.C2H7O4P/c1-3-13-8(12)5-9-7(11)4-6(2)10;1-5-7(3,4)6-2/h4,10H,3,5H2,1-2H3,(H,9,11);1-2H3,(H,3,4)/p-1/b6-4-;. The lowest BCUT2D eigenvalue weighted by molar-refractivity contribution is -0.220. The maximum Gasteiger partial charge on any atom is 0.325 e. The van der Waals surface area contributed by atoms with Gasteiger partial charge in [0, 0.05) is 20.3 Å². The molecule has 0 aromatic rings. The molecule has 1 amide bonds. The second-order valence-corrected chi connectivity index (χ2v) is 4.75. The second kappa shape index (κ2) is 11.4. The van der Waals surface area contributed by atoms with Crippen LogP contribution in [0.3, 0.4) is 0 Å². The number of esters is 1.